The molecule has 0 saturated heterocycles. The lowest BCUT2D eigenvalue weighted by molar-refractivity contribution is -0.141. The molecule has 3 N–H and O–H groups in total. The van der Waals surface area contributed by atoms with Gasteiger partial charge in [0.15, 0.2) is 0 Å². The first-order chi connectivity index (χ1) is 16.5. The number of nitrogens with zero attached hydrogens (tertiary/aromatic N) is 1. The highest BCUT2D eigenvalue weighted by molar-refractivity contribution is 5.91. The minimum absolute atomic E-state index is 0.0244. The Morgan fingerprint density at radius 3 is 1.94 bits per heavy atom. The van der Waals surface area contributed by atoms with Gasteiger partial charge in [-0.1, -0.05) is 66.7 Å². The van der Waals surface area contributed by atoms with E-state index >= 15 is 0 Å². The molecule has 202 valence electrons. The summed E-state index contributed by atoms with van der Waals surface area (Å²) in [6.45, 7) is 15.0. The molecule has 0 saturated carbocycles. The van der Waals surface area contributed by atoms with Crippen LogP contribution in [-0.4, -0.2) is 67.1 Å². The number of likely N-dealkylation sites (N-methyl/N-ethyl adjacent to an activating group) is 2. The van der Waals surface area contributed by atoms with Crippen LogP contribution in [0.1, 0.15) is 61.0 Å². The summed E-state index contributed by atoms with van der Waals surface area (Å²) < 4.78 is 5.25. The normalized spacial score (nSPS) is 15.2. The third-order valence-electron chi connectivity index (χ3n) is 6.74. The third-order valence-corrected chi connectivity index (χ3v) is 6.74. The Morgan fingerprint density at radius 1 is 1.03 bits per heavy atom. The van der Waals surface area contributed by atoms with Crippen LogP contribution in [-0.2, 0) is 19.8 Å². The van der Waals surface area contributed by atoms with Gasteiger partial charge in [0.05, 0.1) is 19.2 Å². The fourth-order valence-electron chi connectivity index (χ4n) is 4.31. The van der Waals surface area contributed by atoms with Crippen molar-refractivity contribution in [3.05, 3.63) is 41.5 Å². The molecule has 36 heavy (non-hydrogen) atoms. The largest absolute Gasteiger partial charge is 0.497 e. The molecule has 0 spiro atoms. The fourth-order valence-corrected chi connectivity index (χ4v) is 4.31. The summed E-state index contributed by atoms with van der Waals surface area (Å²) in [6, 6.07) is 5.70. The highest BCUT2D eigenvalue weighted by Crippen LogP contribution is 2.30. The molecule has 0 heterocycles. The first-order valence-corrected chi connectivity index (χ1v) is 12.3. The van der Waals surface area contributed by atoms with Gasteiger partial charge in [-0.25, -0.2) is 4.79 Å². The van der Waals surface area contributed by atoms with E-state index in [2.05, 4.69) is 10.6 Å². The number of ether oxygens (including phenoxy) is 1. The molecular formula is C28H45N3O5. The molecule has 1 aromatic rings. The van der Waals surface area contributed by atoms with Crippen molar-refractivity contribution in [2.75, 3.05) is 21.2 Å². The van der Waals surface area contributed by atoms with Gasteiger partial charge < -0.3 is 25.4 Å². The number of carbonyl (C=O) groups is 3. The molecule has 8 nitrogen and oxygen atoms in total. The van der Waals surface area contributed by atoms with Gasteiger partial charge in [-0.3, -0.25) is 9.59 Å². The van der Waals surface area contributed by atoms with Crippen LogP contribution in [0.15, 0.2) is 35.9 Å². The SMILES string of the molecule is CN[C@H](C(=O)N[C@H](C(=O)N(C)[C@H](/C=C(\C)C(=O)O)C(C)C)C(C)(C)C)C(C)(C)c1ccc(OC)cc1. The highest BCUT2D eigenvalue weighted by atomic mass is 16.5. The molecule has 0 unspecified atom stereocenters. The minimum atomic E-state index is -1.03. The van der Waals surface area contributed by atoms with Crippen LogP contribution in [0.3, 0.4) is 0 Å². The number of amides is 2. The fraction of sp³-hybridized carbons (Fsp3) is 0.607. The van der Waals surface area contributed by atoms with Crippen LogP contribution in [0.25, 0.3) is 0 Å². The quantitative estimate of drug-likeness (QED) is 0.398. The van der Waals surface area contributed by atoms with E-state index in [0.29, 0.717) is 0 Å². The van der Waals surface area contributed by atoms with Crippen LogP contribution in [0.4, 0.5) is 0 Å². The molecule has 0 aromatic heterocycles. The molecule has 0 aliphatic heterocycles. The van der Waals surface area contributed by atoms with Crippen molar-refractivity contribution in [1.82, 2.24) is 15.5 Å². The van der Waals surface area contributed by atoms with E-state index in [-0.39, 0.29) is 23.3 Å². The van der Waals surface area contributed by atoms with Gasteiger partial charge >= 0.3 is 5.97 Å². The Kier molecular flexibility index (Phi) is 10.7. The van der Waals surface area contributed by atoms with Crippen molar-refractivity contribution in [3.8, 4) is 5.75 Å². The van der Waals surface area contributed by atoms with Crippen molar-refractivity contribution < 1.29 is 24.2 Å². The molecule has 2 amide bonds. The zero-order valence-electron chi connectivity index (χ0n) is 23.7. The summed E-state index contributed by atoms with van der Waals surface area (Å²) in [5, 5.41) is 15.5. The Balaban J connectivity index is 3.30. The average Bonchev–Trinajstić information content (AvgIpc) is 2.79. The van der Waals surface area contributed by atoms with E-state index < -0.39 is 34.9 Å². The van der Waals surface area contributed by atoms with Gasteiger partial charge in [-0.05, 0) is 43.0 Å². The smallest absolute Gasteiger partial charge is 0.331 e. The third kappa shape index (κ3) is 7.56. The second kappa shape index (κ2) is 12.4. The molecule has 0 aliphatic rings. The second-order valence-corrected chi connectivity index (χ2v) is 11.3. The molecule has 1 aromatic carbocycles. The van der Waals surface area contributed by atoms with E-state index in [9.17, 15) is 19.5 Å². The lowest BCUT2D eigenvalue weighted by atomic mass is 9.76. The molecule has 1 rings (SSSR count). The predicted molar refractivity (Wildman–Crippen MR) is 143 cm³/mol. The van der Waals surface area contributed by atoms with Crippen LogP contribution in [0.5, 0.6) is 5.75 Å². The molecule has 0 radical (unpaired) electrons. The first kappa shape index (κ1) is 31.2. The van der Waals surface area contributed by atoms with Crippen molar-refractivity contribution in [1.29, 1.82) is 0 Å². The molecule has 3 atom stereocenters. The lowest BCUT2D eigenvalue weighted by Crippen LogP contribution is -2.61. The zero-order chi connectivity index (χ0) is 28.0. The maximum atomic E-state index is 13.7. The second-order valence-electron chi connectivity index (χ2n) is 11.3. The Hall–Kier alpha value is -2.87. The van der Waals surface area contributed by atoms with Crippen LogP contribution >= 0.6 is 0 Å². The number of carboxylic acid groups (broad SMARTS) is 1. The number of rotatable bonds is 11. The van der Waals surface area contributed by atoms with E-state index in [0.717, 1.165) is 11.3 Å². The number of benzene rings is 1. The Labute approximate surface area is 216 Å². The van der Waals surface area contributed by atoms with Crippen LogP contribution in [0, 0.1) is 11.3 Å². The number of hydrogen-bond acceptors (Lipinski definition) is 5. The molecule has 8 heteroatoms. The summed E-state index contributed by atoms with van der Waals surface area (Å²) in [5.41, 5.74) is -0.0649. The van der Waals surface area contributed by atoms with Crippen molar-refractivity contribution >= 4 is 17.8 Å². The lowest BCUT2D eigenvalue weighted by Gasteiger charge is -2.40. The molecule has 0 aliphatic carbocycles. The van der Waals surface area contributed by atoms with Gasteiger partial charge in [0, 0.05) is 18.0 Å². The van der Waals surface area contributed by atoms with Gasteiger partial charge in [0.25, 0.3) is 0 Å². The van der Waals surface area contributed by atoms with Gasteiger partial charge in [-0.15, -0.1) is 0 Å². The van der Waals surface area contributed by atoms with Gasteiger partial charge in [0.1, 0.15) is 11.8 Å². The van der Waals surface area contributed by atoms with Crippen molar-refractivity contribution in [2.24, 2.45) is 11.3 Å². The maximum absolute atomic E-state index is 13.7. The summed E-state index contributed by atoms with van der Waals surface area (Å²) >= 11 is 0. The zero-order valence-corrected chi connectivity index (χ0v) is 23.7. The first-order valence-electron chi connectivity index (χ1n) is 12.3. The van der Waals surface area contributed by atoms with Crippen molar-refractivity contribution in [2.45, 2.75) is 78.9 Å². The van der Waals surface area contributed by atoms with Gasteiger partial charge in [-0.2, -0.15) is 0 Å². The molecular weight excluding hydrogens is 458 g/mol. The number of carboxylic acids is 1. The number of nitrogens with one attached hydrogen (secondary N) is 2. The monoisotopic (exact) mass is 503 g/mol. The van der Waals surface area contributed by atoms with E-state index in [4.69, 9.17) is 4.74 Å². The summed E-state index contributed by atoms with van der Waals surface area (Å²) in [5.74, 6) is -0.892. The standard InChI is InChI=1S/C28H45N3O5/c1-17(2)21(16-18(3)26(34)35)31(10)25(33)23(27(4,5)6)30-24(32)22(29-9)28(7,8)19-12-14-20(36-11)15-13-19/h12-17,21-23,29H,1-11H3,(H,30,32)(H,34,35)/b18-16+/t21-,22-,23-/m1/s1. The minimum Gasteiger partial charge on any atom is -0.497 e. The van der Waals surface area contributed by atoms with E-state index in [1.54, 1.807) is 27.3 Å². The molecule has 0 bridgehead atoms. The number of aliphatic carboxylic acids is 1. The van der Waals surface area contributed by atoms with Crippen molar-refractivity contribution in [3.63, 3.8) is 0 Å². The van der Waals surface area contributed by atoms with Crippen LogP contribution in [0.2, 0.25) is 0 Å². The van der Waals surface area contributed by atoms with Crippen LogP contribution < -0.4 is 15.4 Å². The molecule has 0 fully saturated rings. The highest BCUT2D eigenvalue weighted by Gasteiger charge is 2.41. The summed E-state index contributed by atoms with van der Waals surface area (Å²) in [6.07, 6.45) is 1.59. The Bertz CT molecular complexity index is 945. The van der Waals surface area contributed by atoms with E-state index in [1.807, 2.05) is 72.7 Å². The topological polar surface area (TPSA) is 108 Å². The number of hydrogen-bond donors (Lipinski definition) is 3. The number of methoxy groups -OCH3 is 1. The predicted octanol–water partition coefficient (Wildman–Crippen LogP) is 3.61. The summed E-state index contributed by atoms with van der Waals surface area (Å²) in [7, 11) is 4.98. The maximum Gasteiger partial charge on any atom is 0.331 e. The average molecular weight is 504 g/mol. The number of carbonyl (C=O) groups excluding carboxylic acids is 2. The van der Waals surface area contributed by atoms with E-state index in [1.165, 1.54) is 11.8 Å². The van der Waals surface area contributed by atoms with Gasteiger partial charge in [0.2, 0.25) is 11.8 Å². The Morgan fingerprint density at radius 2 is 1.56 bits per heavy atom. The summed E-state index contributed by atoms with van der Waals surface area (Å²) in [4.78, 5) is 40.3.